The summed E-state index contributed by atoms with van der Waals surface area (Å²) in [6.07, 6.45) is 1.99. The minimum atomic E-state index is -0.431. The van der Waals surface area contributed by atoms with E-state index in [0.29, 0.717) is 33.1 Å². The van der Waals surface area contributed by atoms with Crippen LogP contribution in [0.15, 0.2) is 41.4 Å². The summed E-state index contributed by atoms with van der Waals surface area (Å²) in [6.45, 7) is 0.778. The Bertz CT molecular complexity index is 1150. The molecule has 0 unspecified atom stereocenters. The van der Waals surface area contributed by atoms with Crippen LogP contribution in [0.5, 0.6) is 11.5 Å². The Hall–Kier alpha value is -2.85. The van der Waals surface area contributed by atoms with Gasteiger partial charge >= 0.3 is 0 Å². The number of fused-ring (bicyclic) bond motifs is 2. The molecule has 8 nitrogen and oxygen atoms in total. The van der Waals surface area contributed by atoms with Crippen LogP contribution in [0.25, 0.3) is 10.2 Å². The molecule has 1 aromatic heterocycles. The predicted molar refractivity (Wildman–Crippen MR) is 107 cm³/mol. The standard InChI is InChI=1S/C18H15N3O5S2/c1-27-7-6-20-13-4-3-12(21(23)24)9-16(13)28-18(20)19-17(22)11-2-5-14-15(8-11)26-10-25-14/h2-5,8-9H,6-7,10H2,1H3. The van der Waals surface area contributed by atoms with Gasteiger partial charge < -0.3 is 14.0 Å². The van der Waals surface area contributed by atoms with Crippen LogP contribution >= 0.6 is 23.1 Å². The summed E-state index contributed by atoms with van der Waals surface area (Å²) in [7, 11) is 0. The van der Waals surface area contributed by atoms with Crippen molar-refractivity contribution in [2.45, 2.75) is 6.54 Å². The molecule has 1 amide bonds. The molecule has 10 heteroatoms. The van der Waals surface area contributed by atoms with Gasteiger partial charge in [-0.25, -0.2) is 0 Å². The number of nitro groups is 1. The molecule has 28 heavy (non-hydrogen) atoms. The van der Waals surface area contributed by atoms with Crippen molar-refractivity contribution in [3.05, 3.63) is 56.9 Å². The van der Waals surface area contributed by atoms with Crippen LogP contribution in [-0.4, -0.2) is 34.2 Å². The van der Waals surface area contributed by atoms with Crippen LogP contribution in [0, 0.1) is 10.1 Å². The van der Waals surface area contributed by atoms with Crippen molar-refractivity contribution in [1.82, 2.24) is 4.57 Å². The average Bonchev–Trinajstić information content (AvgIpc) is 3.29. The highest BCUT2D eigenvalue weighted by Gasteiger charge is 2.17. The number of hydrogen-bond acceptors (Lipinski definition) is 7. The molecule has 0 spiro atoms. The van der Waals surface area contributed by atoms with E-state index in [4.69, 9.17) is 9.47 Å². The minimum absolute atomic E-state index is 0.0133. The minimum Gasteiger partial charge on any atom is -0.454 e. The van der Waals surface area contributed by atoms with Gasteiger partial charge in [-0.15, -0.1) is 0 Å². The zero-order valence-electron chi connectivity index (χ0n) is 14.8. The molecular formula is C18H15N3O5S2. The lowest BCUT2D eigenvalue weighted by molar-refractivity contribution is -0.384. The zero-order chi connectivity index (χ0) is 19.7. The van der Waals surface area contributed by atoms with E-state index in [1.807, 2.05) is 10.8 Å². The molecule has 1 aliphatic rings. The number of aromatic nitrogens is 1. The van der Waals surface area contributed by atoms with Crippen LogP contribution in [0.4, 0.5) is 5.69 Å². The number of ether oxygens (including phenoxy) is 2. The molecule has 0 saturated carbocycles. The number of benzene rings is 2. The van der Waals surface area contributed by atoms with E-state index >= 15 is 0 Å². The van der Waals surface area contributed by atoms with E-state index in [-0.39, 0.29) is 12.5 Å². The molecule has 0 atom stereocenters. The van der Waals surface area contributed by atoms with E-state index in [1.54, 1.807) is 36.0 Å². The van der Waals surface area contributed by atoms with Crippen LogP contribution < -0.4 is 14.3 Å². The van der Waals surface area contributed by atoms with Gasteiger partial charge in [-0.1, -0.05) is 11.3 Å². The lowest BCUT2D eigenvalue weighted by Crippen LogP contribution is -2.18. The number of hydrogen-bond donors (Lipinski definition) is 0. The number of non-ortho nitro benzene ring substituents is 1. The second kappa shape index (κ2) is 7.64. The smallest absolute Gasteiger partial charge is 0.279 e. The Morgan fingerprint density at radius 1 is 1.29 bits per heavy atom. The lowest BCUT2D eigenvalue weighted by Gasteiger charge is -2.04. The maximum absolute atomic E-state index is 12.7. The number of aryl methyl sites for hydroxylation is 1. The molecule has 2 aromatic carbocycles. The fourth-order valence-electron chi connectivity index (χ4n) is 2.84. The highest BCUT2D eigenvalue weighted by atomic mass is 32.2. The van der Waals surface area contributed by atoms with Crippen molar-refractivity contribution in [3.8, 4) is 11.5 Å². The average molecular weight is 417 g/mol. The molecule has 0 N–H and O–H groups in total. The second-order valence-corrected chi connectivity index (χ2v) is 7.92. The quantitative estimate of drug-likeness (QED) is 0.466. The van der Waals surface area contributed by atoms with E-state index in [2.05, 4.69) is 4.99 Å². The summed E-state index contributed by atoms with van der Waals surface area (Å²) in [5, 5.41) is 11.1. The number of carbonyl (C=O) groups excluding carboxylic acids is 1. The molecule has 0 bridgehead atoms. The van der Waals surface area contributed by atoms with Gasteiger partial charge in [0.2, 0.25) is 6.79 Å². The van der Waals surface area contributed by atoms with Crippen molar-refractivity contribution < 1.29 is 19.2 Å². The monoisotopic (exact) mass is 417 g/mol. The predicted octanol–water partition coefficient (Wildman–Crippen LogP) is 3.44. The molecule has 144 valence electrons. The summed E-state index contributed by atoms with van der Waals surface area (Å²) in [6, 6.07) is 9.62. The Balaban J connectivity index is 1.79. The fourth-order valence-corrected chi connectivity index (χ4v) is 4.29. The SMILES string of the molecule is CSCCn1c(=NC(=O)c2ccc3c(c2)OCO3)sc2cc([N+](=O)[O-])ccc21. The highest BCUT2D eigenvalue weighted by molar-refractivity contribution is 7.98. The number of thioether (sulfide) groups is 1. The number of nitro benzene ring substituents is 1. The molecular weight excluding hydrogens is 402 g/mol. The molecule has 0 fully saturated rings. The van der Waals surface area contributed by atoms with Gasteiger partial charge in [0, 0.05) is 30.0 Å². The van der Waals surface area contributed by atoms with Crippen molar-refractivity contribution >= 4 is 44.9 Å². The Labute approximate surface area is 167 Å². The van der Waals surface area contributed by atoms with Gasteiger partial charge in [0.15, 0.2) is 16.3 Å². The molecule has 3 aromatic rings. The largest absolute Gasteiger partial charge is 0.454 e. The van der Waals surface area contributed by atoms with Crippen molar-refractivity contribution in [2.24, 2.45) is 4.99 Å². The number of nitrogens with zero attached hydrogens (tertiary/aromatic N) is 3. The zero-order valence-corrected chi connectivity index (χ0v) is 16.4. The summed E-state index contributed by atoms with van der Waals surface area (Å²) in [5.41, 5.74) is 1.23. The van der Waals surface area contributed by atoms with Crippen LogP contribution in [0.2, 0.25) is 0 Å². The van der Waals surface area contributed by atoms with E-state index < -0.39 is 10.8 Å². The summed E-state index contributed by atoms with van der Waals surface area (Å²) >= 11 is 2.93. The summed E-state index contributed by atoms with van der Waals surface area (Å²) < 4.78 is 13.2. The first-order valence-electron chi connectivity index (χ1n) is 8.32. The van der Waals surface area contributed by atoms with Crippen LogP contribution in [0.1, 0.15) is 10.4 Å². The van der Waals surface area contributed by atoms with Gasteiger partial charge in [0.1, 0.15) is 0 Å². The molecule has 0 radical (unpaired) electrons. The van der Waals surface area contributed by atoms with Crippen molar-refractivity contribution in [2.75, 3.05) is 18.8 Å². The number of rotatable bonds is 5. The van der Waals surface area contributed by atoms with E-state index in [1.165, 1.54) is 23.5 Å². The van der Waals surface area contributed by atoms with E-state index in [0.717, 1.165) is 11.3 Å². The topological polar surface area (TPSA) is 96.0 Å². The number of thiazole rings is 1. The van der Waals surface area contributed by atoms with E-state index in [9.17, 15) is 14.9 Å². The maximum Gasteiger partial charge on any atom is 0.279 e. The lowest BCUT2D eigenvalue weighted by atomic mass is 10.2. The fraction of sp³-hybridized carbons (Fsp3) is 0.222. The summed E-state index contributed by atoms with van der Waals surface area (Å²) in [5.74, 6) is 1.54. The second-order valence-electron chi connectivity index (χ2n) is 5.92. The first-order chi connectivity index (χ1) is 13.6. The normalized spacial score (nSPS) is 13.2. The number of amides is 1. The van der Waals surface area contributed by atoms with Crippen LogP contribution in [-0.2, 0) is 6.54 Å². The Morgan fingerprint density at radius 2 is 2.11 bits per heavy atom. The maximum atomic E-state index is 12.7. The Morgan fingerprint density at radius 3 is 2.89 bits per heavy atom. The summed E-state index contributed by atoms with van der Waals surface area (Å²) in [4.78, 5) is 28.1. The third kappa shape index (κ3) is 3.48. The number of carbonyl (C=O) groups is 1. The van der Waals surface area contributed by atoms with Gasteiger partial charge in [0.05, 0.1) is 15.1 Å². The van der Waals surface area contributed by atoms with Crippen LogP contribution in [0.3, 0.4) is 0 Å². The third-order valence-electron chi connectivity index (χ3n) is 4.21. The molecule has 0 aliphatic carbocycles. The molecule has 2 heterocycles. The first kappa shape index (κ1) is 18.5. The van der Waals surface area contributed by atoms with Gasteiger partial charge in [-0.2, -0.15) is 16.8 Å². The Kier molecular flexibility index (Phi) is 5.05. The van der Waals surface area contributed by atoms with Crippen molar-refractivity contribution in [3.63, 3.8) is 0 Å². The van der Waals surface area contributed by atoms with Gasteiger partial charge in [0.25, 0.3) is 11.6 Å². The molecule has 0 saturated heterocycles. The van der Waals surface area contributed by atoms with Crippen molar-refractivity contribution in [1.29, 1.82) is 0 Å². The highest BCUT2D eigenvalue weighted by Crippen LogP contribution is 2.32. The first-order valence-corrected chi connectivity index (χ1v) is 10.5. The van der Waals surface area contributed by atoms with Gasteiger partial charge in [-0.05, 0) is 30.5 Å². The third-order valence-corrected chi connectivity index (χ3v) is 5.84. The van der Waals surface area contributed by atoms with Gasteiger partial charge in [-0.3, -0.25) is 14.9 Å². The molecule has 4 rings (SSSR count). The molecule has 1 aliphatic heterocycles.